The third-order valence-corrected chi connectivity index (χ3v) is 3.47. The van der Waals surface area contributed by atoms with E-state index in [2.05, 4.69) is 0 Å². The number of carbonyl (C=O) groups is 2. The summed E-state index contributed by atoms with van der Waals surface area (Å²) < 4.78 is 5.23. The van der Waals surface area contributed by atoms with E-state index in [4.69, 9.17) is 4.74 Å². The SMILES string of the molecule is COc1ccc(C)c2c1C(=O)c1ccccc1C2=O. The van der Waals surface area contributed by atoms with Gasteiger partial charge in [-0.05, 0) is 18.6 Å². The lowest BCUT2D eigenvalue weighted by molar-refractivity contribution is 0.0976. The Kier molecular flexibility index (Phi) is 2.49. The van der Waals surface area contributed by atoms with E-state index in [9.17, 15) is 9.59 Å². The van der Waals surface area contributed by atoms with Crippen LogP contribution in [0.15, 0.2) is 36.4 Å². The van der Waals surface area contributed by atoms with Crippen LogP contribution in [0.2, 0.25) is 0 Å². The second-order valence-corrected chi connectivity index (χ2v) is 4.54. The molecule has 19 heavy (non-hydrogen) atoms. The molecule has 0 radical (unpaired) electrons. The highest BCUT2D eigenvalue weighted by Crippen LogP contribution is 2.34. The van der Waals surface area contributed by atoms with Crippen molar-refractivity contribution in [3.63, 3.8) is 0 Å². The minimum atomic E-state index is -0.147. The lowest BCUT2D eigenvalue weighted by Crippen LogP contribution is -2.22. The second kappa shape index (κ2) is 4.05. The molecule has 0 spiro atoms. The van der Waals surface area contributed by atoms with Crippen molar-refractivity contribution in [1.82, 2.24) is 0 Å². The normalized spacial score (nSPS) is 12.9. The van der Waals surface area contributed by atoms with Gasteiger partial charge in [-0.25, -0.2) is 0 Å². The molecule has 2 aromatic rings. The van der Waals surface area contributed by atoms with Crippen molar-refractivity contribution in [3.8, 4) is 5.75 Å². The maximum Gasteiger partial charge on any atom is 0.198 e. The summed E-state index contributed by atoms with van der Waals surface area (Å²) in [6.07, 6.45) is 0. The standard InChI is InChI=1S/C16H12O3/c1-9-7-8-12(19-2)14-13(9)15(17)10-5-3-4-6-11(10)16(14)18/h3-8H,1-2H3. The van der Waals surface area contributed by atoms with Crippen LogP contribution < -0.4 is 4.74 Å². The topological polar surface area (TPSA) is 43.4 Å². The van der Waals surface area contributed by atoms with Gasteiger partial charge in [-0.1, -0.05) is 30.3 Å². The van der Waals surface area contributed by atoms with Crippen LogP contribution in [-0.2, 0) is 0 Å². The maximum absolute atomic E-state index is 12.6. The van der Waals surface area contributed by atoms with E-state index in [1.165, 1.54) is 7.11 Å². The van der Waals surface area contributed by atoms with E-state index in [1.807, 2.05) is 6.92 Å². The van der Waals surface area contributed by atoms with Crippen LogP contribution in [0.3, 0.4) is 0 Å². The van der Waals surface area contributed by atoms with Gasteiger partial charge in [-0.3, -0.25) is 9.59 Å². The Morgan fingerprint density at radius 3 is 2.00 bits per heavy atom. The fourth-order valence-electron chi connectivity index (χ4n) is 2.52. The molecule has 0 bridgehead atoms. The van der Waals surface area contributed by atoms with Gasteiger partial charge in [0.05, 0.1) is 12.7 Å². The van der Waals surface area contributed by atoms with E-state index in [0.717, 1.165) is 5.56 Å². The molecule has 0 heterocycles. The fraction of sp³-hybridized carbons (Fsp3) is 0.125. The van der Waals surface area contributed by atoms with Crippen LogP contribution in [0.1, 0.15) is 37.4 Å². The second-order valence-electron chi connectivity index (χ2n) is 4.54. The van der Waals surface area contributed by atoms with Gasteiger partial charge in [-0.15, -0.1) is 0 Å². The summed E-state index contributed by atoms with van der Waals surface area (Å²) in [5, 5.41) is 0. The summed E-state index contributed by atoms with van der Waals surface area (Å²) in [5.41, 5.74) is 2.55. The number of rotatable bonds is 1. The van der Waals surface area contributed by atoms with Gasteiger partial charge in [0.1, 0.15) is 5.75 Å². The number of hydrogen-bond donors (Lipinski definition) is 0. The molecule has 0 saturated heterocycles. The highest BCUT2D eigenvalue weighted by Gasteiger charge is 2.33. The zero-order chi connectivity index (χ0) is 13.6. The van der Waals surface area contributed by atoms with Crippen LogP contribution >= 0.6 is 0 Å². The number of ketones is 2. The Labute approximate surface area is 110 Å². The Morgan fingerprint density at radius 2 is 1.42 bits per heavy atom. The lowest BCUT2D eigenvalue weighted by atomic mass is 9.81. The van der Waals surface area contributed by atoms with Gasteiger partial charge in [0.25, 0.3) is 0 Å². The minimum absolute atomic E-state index is 0.110. The maximum atomic E-state index is 12.6. The summed E-state index contributed by atoms with van der Waals surface area (Å²) in [7, 11) is 1.50. The molecule has 1 aliphatic rings. The molecule has 0 N–H and O–H groups in total. The van der Waals surface area contributed by atoms with Crippen molar-refractivity contribution in [2.45, 2.75) is 6.92 Å². The summed E-state index contributed by atoms with van der Waals surface area (Å²) >= 11 is 0. The van der Waals surface area contributed by atoms with Crippen LogP contribution in [0, 0.1) is 6.92 Å². The van der Waals surface area contributed by atoms with Crippen molar-refractivity contribution in [2.24, 2.45) is 0 Å². The number of carbonyl (C=O) groups excluding carboxylic acids is 2. The minimum Gasteiger partial charge on any atom is -0.496 e. The van der Waals surface area contributed by atoms with Crippen molar-refractivity contribution in [3.05, 3.63) is 64.2 Å². The number of aryl methyl sites for hydroxylation is 1. The van der Waals surface area contributed by atoms with Crippen LogP contribution in [-0.4, -0.2) is 18.7 Å². The molecule has 2 aromatic carbocycles. The molecule has 94 valence electrons. The lowest BCUT2D eigenvalue weighted by Gasteiger charge is -2.21. The van der Waals surface area contributed by atoms with Gasteiger partial charge in [0, 0.05) is 16.7 Å². The Balaban J connectivity index is 2.38. The first-order valence-electron chi connectivity index (χ1n) is 6.01. The first-order chi connectivity index (χ1) is 9.15. The zero-order valence-electron chi connectivity index (χ0n) is 10.7. The van der Waals surface area contributed by atoms with Crippen molar-refractivity contribution >= 4 is 11.6 Å². The summed E-state index contributed by atoms with van der Waals surface area (Å²) in [4.78, 5) is 25.1. The monoisotopic (exact) mass is 252 g/mol. The smallest absolute Gasteiger partial charge is 0.198 e. The van der Waals surface area contributed by atoms with Crippen molar-refractivity contribution in [1.29, 1.82) is 0 Å². The Bertz CT molecular complexity index is 714. The molecule has 3 heteroatoms. The number of hydrogen-bond acceptors (Lipinski definition) is 3. The highest BCUT2D eigenvalue weighted by atomic mass is 16.5. The average Bonchev–Trinajstić information content (AvgIpc) is 2.44. The number of benzene rings is 2. The van der Waals surface area contributed by atoms with Gasteiger partial charge >= 0.3 is 0 Å². The Morgan fingerprint density at radius 1 is 0.842 bits per heavy atom. The molecule has 0 saturated carbocycles. The number of methoxy groups -OCH3 is 1. The summed E-state index contributed by atoms with van der Waals surface area (Å²) in [6, 6.07) is 10.4. The predicted octanol–water partition coefficient (Wildman–Crippen LogP) is 2.78. The Hall–Kier alpha value is -2.42. The molecule has 1 aliphatic carbocycles. The highest BCUT2D eigenvalue weighted by molar-refractivity contribution is 6.29. The van der Waals surface area contributed by atoms with E-state index in [1.54, 1.807) is 36.4 Å². The first-order valence-corrected chi connectivity index (χ1v) is 6.01. The molecule has 3 nitrogen and oxygen atoms in total. The van der Waals surface area contributed by atoms with Gasteiger partial charge in [-0.2, -0.15) is 0 Å². The first kappa shape index (κ1) is 11.7. The van der Waals surface area contributed by atoms with Crippen LogP contribution in [0.25, 0.3) is 0 Å². The van der Waals surface area contributed by atoms with Crippen molar-refractivity contribution in [2.75, 3.05) is 7.11 Å². The molecular weight excluding hydrogens is 240 g/mol. The third-order valence-electron chi connectivity index (χ3n) is 3.47. The van der Waals surface area contributed by atoms with Gasteiger partial charge < -0.3 is 4.74 Å². The fourth-order valence-corrected chi connectivity index (χ4v) is 2.52. The number of ether oxygens (including phenoxy) is 1. The van der Waals surface area contributed by atoms with Crippen LogP contribution in [0.5, 0.6) is 5.75 Å². The molecule has 0 amide bonds. The third kappa shape index (κ3) is 1.51. The van der Waals surface area contributed by atoms with E-state index in [-0.39, 0.29) is 11.6 Å². The molecule has 0 fully saturated rings. The van der Waals surface area contributed by atoms with E-state index >= 15 is 0 Å². The molecule has 3 rings (SSSR count). The zero-order valence-corrected chi connectivity index (χ0v) is 10.7. The molecule has 0 unspecified atom stereocenters. The molecule has 0 aliphatic heterocycles. The molecular formula is C16H12O3. The average molecular weight is 252 g/mol. The van der Waals surface area contributed by atoms with Gasteiger partial charge in [0.2, 0.25) is 0 Å². The largest absolute Gasteiger partial charge is 0.496 e. The molecule has 0 aromatic heterocycles. The van der Waals surface area contributed by atoms with Gasteiger partial charge in [0.15, 0.2) is 11.6 Å². The van der Waals surface area contributed by atoms with E-state index < -0.39 is 0 Å². The number of fused-ring (bicyclic) bond motifs is 2. The predicted molar refractivity (Wildman–Crippen MR) is 71.0 cm³/mol. The van der Waals surface area contributed by atoms with Crippen molar-refractivity contribution < 1.29 is 14.3 Å². The van der Waals surface area contributed by atoms with Crippen LogP contribution in [0.4, 0.5) is 0 Å². The van der Waals surface area contributed by atoms with E-state index in [0.29, 0.717) is 28.0 Å². The summed E-state index contributed by atoms with van der Waals surface area (Å²) in [5.74, 6) is 0.195. The quantitative estimate of drug-likeness (QED) is 0.669. The molecule has 0 atom stereocenters. The summed E-state index contributed by atoms with van der Waals surface area (Å²) in [6.45, 7) is 1.83.